The molecule has 3 rings (SSSR count). The van der Waals surface area contributed by atoms with E-state index in [-0.39, 0.29) is 18.2 Å². The summed E-state index contributed by atoms with van der Waals surface area (Å²) >= 11 is 7.46. The predicted molar refractivity (Wildman–Crippen MR) is 92.7 cm³/mol. The molecule has 0 saturated heterocycles. The van der Waals surface area contributed by atoms with Gasteiger partial charge in [-0.1, -0.05) is 11.6 Å². The number of aryl methyl sites for hydroxylation is 1. The lowest BCUT2D eigenvalue weighted by Gasteiger charge is -2.09. The monoisotopic (exact) mass is 363 g/mol. The average molecular weight is 364 g/mol. The molecule has 2 heterocycles. The van der Waals surface area contributed by atoms with E-state index in [1.54, 1.807) is 18.2 Å². The van der Waals surface area contributed by atoms with Crippen molar-refractivity contribution in [1.82, 2.24) is 10.2 Å². The van der Waals surface area contributed by atoms with E-state index in [0.717, 1.165) is 10.4 Å². The van der Waals surface area contributed by atoms with Crippen LogP contribution in [0.1, 0.15) is 11.5 Å². The number of amides is 1. The van der Waals surface area contributed by atoms with E-state index in [1.165, 1.54) is 18.4 Å². The highest BCUT2D eigenvalue weighted by atomic mass is 35.5. The van der Waals surface area contributed by atoms with Crippen molar-refractivity contribution in [2.24, 2.45) is 0 Å². The van der Waals surface area contributed by atoms with Crippen molar-refractivity contribution in [3.05, 3.63) is 46.1 Å². The van der Waals surface area contributed by atoms with Crippen LogP contribution in [0, 0.1) is 6.92 Å². The fourth-order valence-electron chi connectivity index (χ4n) is 2.12. The largest absolute Gasteiger partial charge is 0.495 e. The van der Waals surface area contributed by atoms with Crippen LogP contribution in [0.2, 0.25) is 5.02 Å². The summed E-state index contributed by atoms with van der Waals surface area (Å²) in [5, 5.41) is 13.1. The quantitative estimate of drug-likeness (QED) is 0.742. The van der Waals surface area contributed by atoms with Gasteiger partial charge in [0.2, 0.25) is 11.8 Å². The Labute approximate surface area is 147 Å². The molecule has 0 spiro atoms. The maximum absolute atomic E-state index is 12.2. The lowest BCUT2D eigenvalue weighted by molar-refractivity contribution is -0.115. The first-order chi connectivity index (χ1) is 11.6. The highest BCUT2D eigenvalue weighted by molar-refractivity contribution is 7.13. The lowest BCUT2D eigenvalue weighted by atomic mass is 10.2. The number of nitrogens with one attached hydrogen (secondary N) is 1. The molecule has 8 heteroatoms. The van der Waals surface area contributed by atoms with Gasteiger partial charge in [0.25, 0.3) is 5.89 Å². The van der Waals surface area contributed by atoms with Crippen molar-refractivity contribution in [1.29, 1.82) is 0 Å². The molecule has 1 amide bonds. The first kappa shape index (κ1) is 16.5. The molecule has 0 radical (unpaired) electrons. The van der Waals surface area contributed by atoms with E-state index in [2.05, 4.69) is 15.5 Å². The summed E-state index contributed by atoms with van der Waals surface area (Å²) in [5.41, 5.74) is 1.55. The summed E-state index contributed by atoms with van der Waals surface area (Å²) in [6.07, 6.45) is -0.0346. The molecule has 0 bridgehead atoms. The fourth-order valence-corrected chi connectivity index (χ4v) is 3.14. The van der Waals surface area contributed by atoms with Crippen LogP contribution in [0.25, 0.3) is 10.8 Å². The zero-order chi connectivity index (χ0) is 17.1. The van der Waals surface area contributed by atoms with Crippen molar-refractivity contribution >= 4 is 34.5 Å². The molecule has 24 heavy (non-hydrogen) atoms. The van der Waals surface area contributed by atoms with Gasteiger partial charge in [-0.3, -0.25) is 4.79 Å². The van der Waals surface area contributed by atoms with Gasteiger partial charge in [0.05, 0.1) is 17.7 Å². The topological polar surface area (TPSA) is 77.2 Å². The van der Waals surface area contributed by atoms with Crippen LogP contribution in [0.3, 0.4) is 0 Å². The summed E-state index contributed by atoms with van der Waals surface area (Å²) in [6.45, 7) is 1.97. The number of anilines is 1. The van der Waals surface area contributed by atoms with Gasteiger partial charge in [0, 0.05) is 5.02 Å². The molecule has 0 atom stereocenters. The smallest absolute Gasteiger partial charge is 0.258 e. The van der Waals surface area contributed by atoms with Crippen molar-refractivity contribution in [2.75, 3.05) is 12.4 Å². The normalized spacial score (nSPS) is 10.6. The molecule has 0 aliphatic carbocycles. The Kier molecular flexibility index (Phi) is 4.82. The van der Waals surface area contributed by atoms with Gasteiger partial charge in [0.15, 0.2) is 0 Å². The molecule has 1 N–H and O–H groups in total. The standard InChI is InChI=1S/C16H14ClN3O3S/c1-9-5-6-24-15(9)16-20-19-14(23-16)8-13(21)18-11-7-10(17)3-4-12(11)22-2/h3-7H,8H2,1-2H3,(H,18,21). The third-order valence-electron chi connectivity index (χ3n) is 3.27. The minimum absolute atomic E-state index is 0.0346. The summed E-state index contributed by atoms with van der Waals surface area (Å²) in [4.78, 5) is 13.1. The molecule has 0 saturated carbocycles. The number of carbonyl (C=O) groups excluding carboxylic acids is 1. The number of hydrogen-bond acceptors (Lipinski definition) is 6. The second kappa shape index (κ2) is 7.02. The Morgan fingerprint density at radius 3 is 2.92 bits per heavy atom. The Morgan fingerprint density at radius 1 is 1.38 bits per heavy atom. The maximum Gasteiger partial charge on any atom is 0.258 e. The van der Waals surface area contributed by atoms with Crippen LogP contribution in [-0.4, -0.2) is 23.2 Å². The number of thiophene rings is 1. The Balaban J connectivity index is 1.71. The molecule has 124 valence electrons. The summed E-state index contributed by atoms with van der Waals surface area (Å²) in [6, 6.07) is 6.96. The van der Waals surface area contributed by atoms with E-state index >= 15 is 0 Å². The average Bonchev–Trinajstić information content (AvgIpc) is 3.16. The lowest BCUT2D eigenvalue weighted by Crippen LogP contribution is -2.15. The second-order valence-electron chi connectivity index (χ2n) is 5.00. The third kappa shape index (κ3) is 3.58. The highest BCUT2D eigenvalue weighted by Crippen LogP contribution is 2.29. The summed E-state index contributed by atoms with van der Waals surface area (Å²) < 4.78 is 10.8. The number of nitrogens with zero attached hydrogens (tertiary/aromatic N) is 2. The number of carbonyl (C=O) groups is 1. The van der Waals surface area contributed by atoms with E-state index < -0.39 is 0 Å². The second-order valence-corrected chi connectivity index (χ2v) is 6.36. The molecule has 6 nitrogen and oxygen atoms in total. The fraction of sp³-hybridized carbons (Fsp3) is 0.188. The first-order valence-electron chi connectivity index (χ1n) is 7.07. The van der Waals surface area contributed by atoms with Crippen molar-refractivity contribution in [3.8, 4) is 16.5 Å². The molecule has 0 aliphatic heterocycles. The van der Waals surface area contributed by atoms with Crippen molar-refractivity contribution < 1.29 is 13.9 Å². The van der Waals surface area contributed by atoms with Crippen LogP contribution in [-0.2, 0) is 11.2 Å². The first-order valence-corrected chi connectivity index (χ1v) is 8.33. The van der Waals surface area contributed by atoms with E-state index in [9.17, 15) is 4.79 Å². The molecule has 1 aromatic carbocycles. The Hall–Kier alpha value is -2.38. The molecular weight excluding hydrogens is 350 g/mol. The van der Waals surface area contributed by atoms with Gasteiger partial charge in [-0.25, -0.2) is 0 Å². The minimum atomic E-state index is -0.298. The molecule has 0 aliphatic rings. The van der Waals surface area contributed by atoms with E-state index in [1.807, 2.05) is 18.4 Å². The summed E-state index contributed by atoms with van der Waals surface area (Å²) in [7, 11) is 1.52. The predicted octanol–water partition coefficient (Wildman–Crippen LogP) is 3.95. The molecular formula is C16H14ClN3O3S. The van der Waals surface area contributed by atoms with Gasteiger partial charge in [0.1, 0.15) is 12.2 Å². The van der Waals surface area contributed by atoms with Gasteiger partial charge < -0.3 is 14.5 Å². The SMILES string of the molecule is COc1ccc(Cl)cc1NC(=O)Cc1nnc(-c2sccc2C)o1. The number of aromatic nitrogens is 2. The number of benzene rings is 1. The van der Waals surface area contributed by atoms with E-state index in [0.29, 0.717) is 22.4 Å². The van der Waals surface area contributed by atoms with Gasteiger partial charge in [-0.2, -0.15) is 0 Å². The van der Waals surface area contributed by atoms with Crippen LogP contribution < -0.4 is 10.1 Å². The van der Waals surface area contributed by atoms with Crippen molar-refractivity contribution in [2.45, 2.75) is 13.3 Å². The summed E-state index contributed by atoms with van der Waals surface area (Å²) in [5.74, 6) is 0.892. The van der Waals surface area contributed by atoms with Gasteiger partial charge >= 0.3 is 0 Å². The van der Waals surface area contributed by atoms with Crippen LogP contribution >= 0.6 is 22.9 Å². The number of halogens is 1. The van der Waals surface area contributed by atoms with Gasteiger partial charge in [-0.15, -0.1) is 21.5 Å². The highest BCUT2D eigenvalue weighted by Gasteiger charge is 2.16. The van der Waals surface area contributed by atoms with Crippen molar-refractivity contribution in [3.63, 3.8) is 0 Å². The van der Waals surface area contributed by atoms with Crippen LogP contribution in [0.15, 0.2) is 34.1 Å². The molecule has 0 unspecified atom stereocenters. The molecule has 0 fully saturated rings. The Bertz CT molecular complexity index is 875. The van der Waals surface area contributed by atoms with E-state index in [4.69, 9.17) is 20.8 Å². The zero-order valence-corrected chi connectivity index (χ0v) is 14.6. The van der Waals surface area contributed by atoms with Gasteiger partial charge in [-0.05, 0) is 42.1 Å². The number of hydrogen-bond donors (Lipinski definition) is 1. The number of methoxy groups -OCH3 is 1. The van der Waals surface area contributed by atoms with Crippen LogP contribution in [0.5, 0.6) is 5.75 Å². The molecule has 3 aromatic rings. The minimum Gasteiger partial charge on any atom is -0.495 e. The zero-order valence-electron chi connectivity index (χ0n) is 13.0. The number of rotatable bonds is 5. The maximum atomic E-state index is 12.2. The Morgan fingerprint density at radius 2 is 2.21 bits per heavy atom. The van der Waals surface area contributed by atoms with Crippen LogP contribution in [0.4, 0.5) is 5.69 Å². The number of ether oxygens (including phenoxy) is 1. The third-order valence-corrected chi connectivity index (χ3v) is 4.51. The molecule has 2 aromatic heterocycles.